The Kier molecular flexibility index (Phi) is 2.92. The number of carbonyl (C=O) groups excluding carboxylic acids is 1. The van der Waals surface area contributed by atoms with E-state index in [1.54, 1.807) is 0 Å². The zero-order chi connectivity index (χ0) is 15.8. The molecule has 3 rings (SSSR count). The summed E-state index contributed by atoms with van der Waals surface area (Å²) in [6.07, 6.45) is 0.947. The topological polar surface area (TPSA) is 69.7 Å². The SMILES string of the molecule is CCC(C)(C)C(=O)OC1C2OS(=O)(=O)C3CC1(C)CC23C. The molecule has 0 aromatic rings. The third-order valence-corrected chi connectivity index (χ3v) is 7.92. The number of esters is 1. The fourth-order valence-corrected chi connectivity index (χ4v) is 6.56. The molecule has 2 bridgehead atoms. The first kappa shape index (κ1) is 15.3. The highest BCUT2D eigenvalue weighted by Crippen LogP contribution is 2.68. The Balaban J connectivity index is 1.91. The van der Waals surface area contributed by atoms with E-state index in [-0.39, 0.29) is 11.4 Å². The van der Waals surface area contributed by atoms with Crippen LogP contribution in [-0.2, 0) is 23.8 Å². The van der Waals surface area contributed by atoms with Crippen molar-refractivity contribution < 1.29 is 22.1 Å². The van der Waals surface area contributed by atoms with Gasteiger partial charge in [0, 0.05) is 10.8 Å². The number of carbonyl (C=O) groups is 1. The molecule has 0 aromatic carbocycles. The van der Waals surface area contributed by atoms with Crippen molar-refractivity contribution in [2.75, 3.05) is 0 Å². The summed E-state index contributed by atoms with van der Waals surface area (Å²) in [6.45, 7) is 9.62. The largest absolute Gasteiger partial charge is 0.459 e. The molecule has 1 saturated heterocycles. The van der Waals surface area contributed by atoms with Crippen molar-refractivity contribution in [1.82, 2.24) is 0 Å². The van der Waals surface area contributed by atoms with Gasteiger partial charge < -0.3 is 4.74 Å². The summed E-state index contributed by atoms with van der Waals surface area (Å²) in [4.78, 5) is 12.4. The van der Waals surface area contributed by atoms with E-state index in [1.165, 1.54) is 0 Å². The second-order valence-corrected chi connectivity index (χ2v) is 9.85. The first-order valence-corrected chi connectivity index (χ1v) is 9.07. The van der Waals surface area contributed by atoms with E-state index < -0.39 is 38.4 Å². The summed E-state index contributed by atoms with van der Waals surface area (Å²) in [5, 5.41) is -0.450. The van der Waals surface area contributed by atoms with Crippen LogP contribution in [0.5, 0.6) is 0 Å². The van der Waals surface area contributed by atoms with Crippen molar-refractivity contribution in [2.24, 2.45) is 16.2 Å². The van der Waals surface area contributed by atoms with Gasteiger partial charge in [0.25, 0.3) is 10.1 Å². The van der Waals surface area contributed by atoms with Gasteiger partial charge in [-0.05, 0) is 33.1 Å². The molecule has 0 aromatic heterocycles. The molecule has 0 N–H and O–H groups in total. The molecule has 21 heavy (non-hydrogen) atoms. The molecule has 5 atom stereocenters. The first-order valence-electron chi connectivity index (χ1n) is 7.59. The number of hydrogen-bond donors (Lipinski definition) is 0. The summed E-state index contributed by atoms with van der Waals surface area (Å²) >= 11 is 0. The number of fused-ring (bicyclic) bond motifs is 1. The molecule has 120 valence electrons. The van der Waals surface area contributed by atoms with Crippen molar-refractivity contribution >= 4 is 16.1 Å². The average molecular weight is 316 g/mol. The maximum atomic E-state index is 12.4. The van der Waals surface area contributed by atoms with Crippen LogP contribution in [0.1, 0.15) is 53.9 Å². The first-order chi connectivity index (χ1) is 9.46. The van der Waals surface area contributed by atoms with Crippen LogP contribution in [0, 0.1) is 16.2 Å². The van der Waals surface area contributed by atoms with Gasteiger partial charge in [0.05, 0.1) is 10.7 Å². The number of hydrogen-bond acceptors (Lipinski definition) is 5. The molecule has 6 heteroatoms. The van der Waals surface area contributed by atoms with Crippen LogP contribution in [0.3, 0.4) is 0 Å². The lowest BCUT2D eigenvalue weighted by Gasteiger charge is -2.36. The van der Waals surface area contributed by atoms with E-state index in [9.17, 15) is 13.2 Å². The Bertz CT molecular complexity index is 595. The minimum atomic E-state index is -3.53. The van der Waals surface area contributed by atoms with Gasteiger partial charge in [-0.25, -0.2) is 0 Å². The van der Waals surface area contributed by atoms with Crippen molar-refractivity contribution in [3.63, 3.8) is 0 Å². The second kappa shape index (κ2) is 4.02. The summed E-state index contributed by atoms with van der Waals surface area (Å²) in [7, 11) is -3.53. The molecule has 5 nitrogen and oxygen atoms in total. The Morgan fingerprint density at radius 3 is 2.57 bits per heavy atom. The lowest BCUT2D eigenvalue weighted by atomic mass is 9.78. The van der Waals surface area contributed by atoms with Crippen LogP contribution in [-0.4, -0.2) is 31.8 Å². The third-order valence-electron chi connectivity index (χ3n) is 6.04. The third kappa shape index (κ3) is 1.84. The van der Waals surface area contributed by atoms with Gasteiger partial charge in [0.2, 0.25) is 0 Å². The second-order valence-electron chi connectivity index (χ2n) is 8.10. The van der Waals surface area contributed by atoms with E-state index >= 15 is 0 Å². The fraction of sp³-hybridized carbons (Fsp3) is 0.933. The highest BCUT2D eigenvalue weighted by atomic mass is 32.2. The molecule has 2 aliphatic carbocycles. The van der Waals surface area contributed by atoms with Gasteiger partial charge in [-0.3, -0.25) is 8.98 Å². The predicted octanol–water partition coefficient (Wildman–Crippen LogP) is 2.25. The van der Waals surface area contributed by atoms with Gasteiger partial charge in [-0.1, -0.05) is 20.8 Å². The monoisotopic (exact) mass is 316 g/mol. The summed E-state index contributed by atoms with van der Waals surface area (Å²) in [6, 6.07) is 0. The molecular weight excluding hydrogens is 292 g/mol. The molecule has 0 spiro atoms. The molecule has 3 aliphatic rings. The van der Waals surface area contributed by atoms with Crippen LogP contribution >= 0.6 is 0 Å². The van der Waals surface area contributed by atoms with E-state index in [2.05, 4.69) is 0 Å². The molecule has 3 fully saturated rings. The smallest absolute Gasteiger partial charge is 0.311 e. The maximum Gasteiger partial charge on any atom is 0.311 e. The lowest BCUT2D eigenvalue weighted by Crippen LogP contribution is -2.47. The minimum Gasteiger partial charge on any atom is -0.459 e. The van der Waals surface area contributed by atoms with Crippen molar-refractivity contribution in [3.8, 4) is 0 Å². The molecule has 1 aliphatic heterocycles. The molecule has 0 amide bonds. The molecule has 2 saturated carbocycles. The van der Waals surface area contributed by atoms with E-state index in [0.29, 0.717) is 12.8 Å². The van der Waals surface area contributed by atoms with Crippen molar-refractivity contribution in [1.29, 1.82) is 0 Å². The van der Waals surface area contributed by atoms with Gasteiger partial charge in [-0.2, -0.15) is 8.42 Å². The fourth-order valence-electron chi connectivity index (χ4n) is 4.35. The summed E-state index contributed by atoms with van der Waals surface area (Å²) < 4.78 is 35.4. The van der Waals surface area contributed by atoms with E-state index in [1.807, 2.05) is 34.6 Å². The molecule has 5 unspecified atom stereocenters. The average Bonchev–Trinajstić information content (AvgIpc) is 2.80. The lowest BCUT2D eigenvalue weighted by molar-refractivity contribution is -0.172. The zero-order valence-electron chi connectivity index (χ0n) is 13.3. The maximum absolute atomic E-state index is 12.4. The Morgan fingerprint density at radius 2 is 2.00 bits per heavy atom. The van der Waals surface area contributed by atoms with Crippen LogP contribution < -0.4 is 0 Å². The van der Waals surface area contributed by atoms with E-state index in [0.717, 1.165) is 6.42 Å². The Morgan fingerprint density at radius 1 is 1.38 bits per heavy atom. The summed E-state index contributed by atoms with van der Waals surface area (Å²) in [5.41, 5.74) is -1.28. The molecule has 0 radical (unpaired) electrons. The number of ether oxygens (including phenoxy) is 1. The van der Waals surface area contributed by atoms with Crippen molar-refractivity contribution in [3.05, 3.63) is 0 Å². The predicted molar refractivity (Wildman–Crippen MR) is 77.0 cm³/mol. The van der Waals surface area contributed by atoms with Gasteiger partial charge >= 0.3 is 5.97 Å². The van der Waals surface area contributed by atoms with Crippen LogP contribution in [0.25, 0.3) is 0 Å². The molecular formula is C15H24O5S. The number of rotatable bonds is 3. The van der Waals surface area contributed by atoms with E-state index in [4.69, 9.17) is 8.92 Å². The normalized spacial score (nSPS) is 46.8. The standard InChI is InChI=1S/C15H24O5S/c1-6-13(2,3)12(16)19-10-11-15(5)8-14(10,4)7-9(15)21(17,18)20-11/h9-11H,6-8H2,1-5H3. The van der Waals surface area contributed by atoms with Crippen molar-refractivity contribution in [2.45, 2.75) is 71.3 Å². The van der Waals surface area contributed by atoms with Crippen LogP contribution in [0.15, 0.2) is 0 Å². The highest BCUT2D eigenvalue weighted by Gasteiger charge is 2.76. The Hall–Kier alpha value is -0.620. The highest BCUT2D eigenvalue weighted by molar-refractivity contribution is 7.87. The van der Waals surface area contributed by atoms with Gasteiger partial charge in [-0.15, -0.1) is 0 Å². The molecule has 1 heterocycles. The zero-order valence-corrected chi connectivity index (χ0v) is 14.1. The summed E-state index contributed by atoms with van der Waals surface area (Å²) in [5.74, 6) is -0.267. The van der Waals surface area contributed by atoms with Crippen LogP contribution in [0.2, 0.25) is 0 Å². The van der Waals surface area contributed by atoms with Crippen LogP contribution in [0.4, 0.5) is 0 Å². The minimum absolute atomic E-state index is 0.267. The Labute approximate surface area is 126 Å². The van der Waals surface area contributed by atoms with Gasteiger partial charge in [0.15, 0.2) is 0 Å². The van der Waals surface area contributed by atoms with Gasteiger partial charge in [0.1, 0.15) is 12.2 Å². The quantitative estimate of drug-likeness (QED) is 0.590.